The summed E-state index contributed by atoms with van der Waals surface area (Å²) in [5.41, 5.74) is 0.756. The van der Waals surface area contributed by atoms with E-state index in [1.54, 1.807) is 11.3 Å². The number of rotatable bonds is 2. The van der Waals surface area contributed by atoms with Gasteiger partial charge in [-0.25, -0.2) is 0 Å². The van der Waals surface area contributed by atoms with Crippen molar-refractivity contribution in [2.24, 2.45) is 0 Å². The summed E-state index contributed by atoms with van der Waals surface area (Å²) in [6.07, 6.45) is 0.902. The van der Waals surface area contributed by atoms with Gasteiger partial charge in [0.05, 0.1) is 0 Å². The molecule has 0 bridgehead atoms. The van der Waals surface area contributed by atoms with E-state index in [0.717, 1.165) is 31.7 Å². The van der Waals surface area contributed by atoms with E-state index in [1.807, 2.05) is 12.1 Å². The molecule has 0 aliphatic heterocycles. The van der Waals surface area contributed by atoms with Gasteiger partial charge in [0.2, 0.25) is 0 Å². The molecular weight excluding hydrogens is 328 g/mol. The van der Waals surface area contributed by atoms with Crippen molar-refractivity contribution in [3.63, 3.8) is 0 Å². The van der Waals surface area contributed by atoms with Crippen molar-refractivity contribution in [1.82, 2.24) is 0 Å². The molecule has 4 heteroatoms. The zero-order valence-electron chi connectivity index (χ0n) is 7.09. The van der Waals surface area contributed by atoms with Gasteiger partial charge in [-0.05, 0) is 34.1 Å². The summed E-state index contributed by atoms with van der Waals surface area (Å²) in [5, 5.41) is 1.87. The fourth-order valence-electron chi connectivity index (χ4n) is 1.33. The number of carbonyl (C=O) groups is 1. The van der Waals surface area contributed by atoms with Gasteiger partial charge in [0.15, 0.2) is 6.29 Å². The molecule has 0 atom stereocenters. The van der Waals surface area contributed by atoms with E-state index in [4.69, 9.17) is 0 Å². The molecule has 1 nitrogen and oxygen atoms in total. The maximum absolute atomic E-state index is 10.8. The van der Waals surface area contributed by atoms with Gasteiger partial charge in [0.25, 0.3) is 0 Å². The molecule has 0 fully saturated rings. The van der Waals surface area contributed by atoms with Crippen LogP contribution >= 0.6 is 43.2 Å². The largest absolute Gasteiger partial charge is 0.298 e. The van der Waals surface area contributed by atoms with Crippen molar-refractivity contribution in [3.05, 3.63) is 33.1 Å². The van der Waals surface area contributed by atoms with Gasteiger partial charge in [-0.1, -0.05) is 15.9 Å². The van der Waals surface area contributed by atoms with Gasteiger partial charge in [-0.15, -0.1) is 11.3 Å². The molecule has 14 heavy (non-hydrogen) atoms. The number of carbonyl (C=O) groups excluding carboxylic acids is 1. The highest BCUT2D eigenvalue weighted by Gasteiger charge is 2.08. The zero-order valence-corrected chi connectivity index (χ0v) is 11.1. The Morgan fingerprint density at radius 1 is 1.43 bits per heavy atom. The standard InChI is InChI=1S/C10H6Br2OS/c11-4-7-3-8-6(5-13)1-2-9(12)10(8)14-7/h1-3,5H,4H2. The van der Waals surface area contributed by atoms with Crippen molar-refractivity contribution >= 4 is 59.6 Å². The number of aldehydes is 1. The first-order chi connectivity index (χ1) is 6.76. The maximum Gasteiger partial charge on any atom is 0.150 e. The fourth-order valence-corrected chi connectivity index (χ4v) is 3.37. The third-order valence-corrected chi connectivity index (χ3v) is 5.05. The first kappa shape index (κ1) is 10.3. The Bertz CT molecular complexity index is 490. The van der Waals surface area contributed by atoms with Crippen LogP contribution in [0.15, 0.2) is 22.7 Å². The Morgan fingerprint density at radius 2 is 2.21 bits per heavy atom. The van der Waals surface area contributed by atoms with Crippen LogP contribution in [-0.2, 0) is 5.33 Å². The molecule has 0 amide bonds. The molecule has 2 aromatic rings. The molecule has 0 unspecified atom stereocenters. The Morgan fingerprint density at radius 3 is 2.86 bits per heavy atom. The van der Waals surface area contributed by atoms with Crippen LogP contribution < -0.4 is 0 Å². The smallest absolute Gasteiger partial charge is 0.150 e. The molecule has 0 aliphatic carbocycles. The van der Waals surface area contributed by atoms with Gasteiger partial charge < -0.3 is 0 Å². The van der Waals surface area contributed by atoms with E-state index >= 15 is 0 Å². The normalized spacial score (nSPS) is 10.7. The second-order valence-electron chi connectivity index (χ2n) is 2.84. The Balaban J connectivity index is 2.81. The molecule has 0 radical (unpaired) electrons. The summed E-state index contributed by atoms with van der Waals surface area (Å²) in [5.74, 6) is 0. The van der Waals surface area contributed by atoms with E-state index in [-0.39, 0.29) is 0 Å². The molecule has 1 aromatic carbocycles. The van der Waals surface area contributed by atoms with E-state index in [2.05, 4.69) is 37.9 Å². The zero-order chi connectivity index (χ0) is 10.1. The minimum atomic E-state index is 0.756. The lowest BCUT2D eigenvalue weighted by Gasteiger charge is -1.95. The van der Waals surface area contributed by atoms with Crippen molar-refractivity contribution in [2.45, 2.75) is 5.33 Å². The van der Waals surface area contributed by atoms with E-state index in [1.165, 1.54) is 4.88 Å². The lowest BCUT2D eigenvalue weighted by atomic mass is 10.1. The van der Waals surface area contributed by atoms with Gasteiger partial charge in [-0.3, -0.25) is 4.79 Å². The summed E-state index contributed by atoms with van der Waals surface area (Å²) in [6.45, 7) is 0. The minimum absolute atomic E-state index is 0.756. The van der Waals surface area contributed by atoms with Gasteiger partial charge in [-0.2, -0.15) is 0 Å². The number of hydrogen-bond acceptors (Lipinski definition) is 2. The molecule has 1 aromatic heterocycles. The number of halogens is 2. The third-order valence-electron chi connectivity index (χ3n) is 1.98. The summed E-state index contributed by atoms with van der Waals surface area (Å²) in [7, 11) is 0. The molecule has 72 valence electrons. The van der Waals surface area contributed by atoms with Crippen LogP contribution in [0, 0.1) is 0 Å². The monoisotopic (exact) mass is 332 g/mol. The average Bonchev–Trinajstić information content (AvgIpc) is 2.63. The van der Waals surface area contributed by atoms with Crippen LogP contribution in [0.4, 0.5) is 0 Å². The van der Waals surface area contributed by atoms with Crippen molar-refractivity contribution in [1.29, 1.82) is 0 Å². The molecule has 0 spiro atoms. The summed E-state index contributed by atoms with van der Waals surface area (Å²) in [4.78, 5) is 12.0. The first-order valence-electron chi connectivity index (χ1n) is 3.98. The Hall–Kier alpha value is -0.190. The van der Waals surface area contributed by atoms with Gasteiger partial charge in [0.1, 0.15) is 0 Å². The number of benzene rings is 1. The molecule has 1 heterocycles. The number of hydrogen-bond donors (Lipinski definition) is 0. The second kappa shape index (κ2) is 4.13. The van der Waals surface area contributed by atoms with Crippen LogP contribution in [0.25, 0.3) is 10.1 Å². The predicted octanol–water partition coefficient (Wildman–Crippen LogP) is 4.37. The van der Waals surface area contributed by atoms with Crippen LogP contribution in [-0.4, -0.2) is 6.29 Å². The van der Waals surface area contributed by atoms with Gasteiger partial charge >= 0.3 is 0 Å². The van der Waals surface area contributed by atoms with E-state index in [9.17, 15) is 4.79 Å². The predicted molar refractivity (Wildman–Crippen MR) is 67.5 cm³/mol. The molecule has 0 N–H and O–H groups in total. The van der Waals surface area contributed by atoms with Crippen LogP contribution in [0.2, 0.25) is 0 Å². The number of alkyl halides is 1. The lowest BCUT2D eigenvalue weighted by Crippen LogP contribution is -1.79. The highest BCUT2D eigenvalue weighted by Crippen LogP contribution is 2.34. The van der Waals surface area contributed by atoms with Crippen LogP contribution in [0.1, 0.15) is 15.2 Å². The minimum Gasteiger partial charge on any atom is -0.298 e. The molecule has 0 aliphatic rings. The summed E-state index contributed by atoms with van der Waals surface area (Å²) >= 11 is 8.60. The van der Waals surface area contributed by atoms with Crippen molar-refractivity contribution in [2.75, 3.05) is 0 Å². The first-order valence-corrected chi connectivity index (χ1v) is 6.71. The topological polar surface area (TPSA) is 17.1 Å². The molecule has 0 saturated carbocycles. The van der Waals surface area contributed by atoms with Crippen molar-refractivity contribution < 1.29 is 4.79 Å². The molecule has 2 rings (SSSR count). The Kier molecular flexibility index (Phi) is 3.04. The van der Waals surface area contributed by atoms with Gasteiger partial charge in [0, 0.05) is 30.3 Å². The summed E-state index contributed by atoms with van der Waals surface area (Å²) in [6, 6.07) is 5.81. The highest BCUT2D eigenvalue weighted by atomic mass is 79.9. The number of thiophene rings is 1. The third kappa shape index (κ3) is 1.66. The average molecular weight is 334 g/mol. The van der Waals surface area contributed by atoms with Crippen LogP contribution in [0.5, 0.6) is 0 Å². The SMILES string of the molecule is O=Cc1ccc(Br)c2sc(CBr)cc12. The highest BCUT2D eigenvalue weighted by molar-refractivity contribution is 9.10. The number of fused-ring (bicyclic) bond motifs is 1. The quantitative estimate of drug-likeness (QED) is 0.589. The maximum atomic E-state index is 10.8. The van der Waals surface area contributed by atoms with Crippen molar-refractivity contribution in [3.8, 4) is 0 Å². The van der Waals surface area contributed by atoms with E-state index < -0.39 is 0 Å². The Labute approximate surface area is 102 Å². The van der Waals surface area contributed by atoms with Crippen LogP contribution in [0.3, 0.4) is 0 Å². The van der Waals surface area contributed by atoms with E-state index in [0.29, 0.717) is 0 Å². The summed E-state index contributed by atoms with van der Waals surface area (Å²) < 4.78 is 2.19. The fraction of sp³-hybridized carbons (Fsp3) is 0.100. The second-order valence-corrected chi connectivity index (χ2v) is 5.40. The lowest BCUT2D eigenvalue weighted by molar-refractivity contribution is 0.112. The molecular formula is C10H6Br2OS. The molecule has 0 saturated heterocycles.